The van der Waals surface area contributed by atoms with Gasteiger partial charge in [-0.05, 0) is 37.5 Å². The Morgan fingerprint density at radius 1 is 1.07 bits per heavy atom. The second-order valence-corrected chi connectivity index (χ2v) is 7.80. The lowest BCUT2D eigenvalue weighted by molar-refractivity contribution is 0.144. The lowest BCUT2D eigenvalue weighted by atomic mass is 10.2. The summed E-state index contributed by atoms with van der Waals surface area (Å²) in [5.74, 6) is 0.778. The van der Waals surface area contributed by atoms with Crippen molar-refractivity contribution in [1.29, 1.82) is 0 Å². The van der Waals surface area contributed by atoms with Crippen LogP contribution in [0.5, 0.6) is 0 Å². The highest BCUT2D eigenvalue weighted by Crippen LogP contribution is 2.17. The van der Waals surface area contributed by atoms with Gasteiger partial charge in [0.15, 0.2) is 11.2 Å². The van der Waals surface area contributed by atoms with Crippen LogP contribution in [0.15, 0.2) is 33.9 Å². The third-order valence-electron chi connectivity index (χ3n) is 5.19. The average molecular weight is 433 g/mol. The number of aromatic nitrogens is 4. The van der Waals surface area contributed by atoms with Crippen LogP contribution in [0.25, 0.3) is 11.2 Å². The Balaban J connectivity index is 2.14. The highest BCUT2D eigenvalue weighted by Gasteiger charge is 2.20. The van der Waals surface area contributed by atoms with Gasteiger partial charge >= 0.3 is 5.69 Å². The van der Waals surface area contributed by atoms with Gasteiger partial charge in [0, 0.05) is 44.8 Å². The summed E-state index contributed by atoms with van der Waals surface area (Å²) in [5.41, 5.74) is 1.31. The summed E-state index contributed by atoms with van der Waals surface area (Å²) in [6.45, 7) is 6.18. The fourth-order valence-electron chi connectivity index (χ4n) is 3.54. The molecule has 8 heteroatoms. The van der Waals surface area contributed by atoms with E-state index in [1.165, 1.54) is 9.13 Å². The van der Waals surface area contributed by atoms with E-state index < -0.39 is 0 Å². The lowest BCUT2D eigenvalue weighted by Crippen LogP contribution is -2.39. The first-order valence-electron chi connectivity index (χ1n) is 10.5. The molecule has 0 fully saturated rings. The monoisotopic (exact) mass is 432 g/mol. The number of unbranched alkanes of at least 4 members (excludes halogenated alkanes) is 1. The van der Waals surface area contributed by atoms with Crippen molar-refractivity contribution in [2.75, 3.05) is 13.2 Å². The van der Waals surface area contributed by atoms with E-state index in [4.69, 9.17) is 21.3 Å². The van der Waals surface area contributed by atoms with Crippen molar-refractivity contribution in [3.8, 4) is 0 Å². The molecule has 2 aromatic heterocycles. The molecule has 30 heavy (non-hydrogen) atoms. The van der Waals surface area contributed by atoms with E-state index in [9.17, 15) is 9.59 Å². The molecule has 3 aromatic rings. The van der Waals surface area contributed by atoms with Crippen LogP contribution in [0, 0.1) is 0 Å². The Morgan fingerprint density at radius 3 is 2.47 bits per heavy atom. The number of rotatable bonds is 10. The normalized spacial score (nSPS) is 11.5. The molecule has 0 saturated heterocycles. The maximum Gasteiger partial charge on any atom is 0.332 e. The third kappa shape index (κ3) is 4.68. The van der Waals surface area contributed by atoms with Crippen LogP contribution in [0.1, 0.15) is 44.5 Å². The van der Waals surface area contributed by atoms with E-state index in [2.05, 4.69) is 0 Å². The molecule has 0 aliphatic rings. The standard InChI is InChI=1S/C22H29ClN4O3/c1-4-6-13-26-21(28)19-20(25(3)22(26)29)24-18(8-7-14-30-5-2)27(19)15-16-9-11-17(23)12-10-16/h9-12H,4-8,13-15H2,1-3H3. The number of fused-ring (bicyclic) bond motifs is 1. The van der Waals surface area contributed by atoms with E-state index in [0.717, 1.165) is 30.7 Å². The SMILES string of the molecule is CCCCn1c(=O)c2c(nc(CCCOCC)n2Cc2ccc(Cl)cc2)n(C)c1=O. The van der Waals surface area contributed by atoms with E-state index in [1.807, 2.05) is 42.7 Å². The molecule has 0 aliphatic carbocycles. The molecule has 0 radical (unpaired) electrons. The number of aryl methyl sites for hydroxylation is 2. The third-order valence-corrected chi connectivity index (χ3v) is 5.45. The molecule has 3 rings (SSSR count). The van der Waals surface area contributed by atoms with Gasteiger partial charge in [-0.25, -0.2) is 9.78 Å². The molecule has 0 saturated carbocycles. The van der Waals surface area contributed by atoms with Gasteiger partial charge in [0.05, 0.1) is 0 Å². The summed E-state index contributed by atoms with van der Waals surface area (Å²) in [6.07, 6.45) is 3.12. The number of benzene rings is 1. The summed E-state index contributed by atoms with van der Waals surface area (Å²) < 4.78 is 10.2. The van der Waals surface area contributed by atoms with Gasteiger partial charge in [-0.3, -0.25) is 13.9 Å². The fourth-order valence-corrected chi connectivity index (χ4v) is 3.67. The zero-order valence-electron chi connectivity index (χ0n) is 17.9. The quantitative estimate of drug-likeness (QED) is 0.460. The van der Waals surface area contributed by atoms with Crippen molar-refractivity contribution >= 4 is 22.8 Å². The number of ether oxygens (including phenoxy) is 1. The molecule has 7 nitrogen and oxygen atoms in total. The van der Waals surface area contributed by atoms with Crippen molar-refractivity contribution in [1.82, 2.24) is 18.7 Å². The van der Waals surface area contributed by atoms with Crippen LogP contribution in [-0.2, 0) is 31.3 Å². The molecular weight excluding hydrogens is 404 g/mol. The molecule has 1 aromatic carbocycles. The van der Waals surface area contributed by atoms with Crippen LogP contribution in [0.3, 0.4) is 0 Å². The minimum Gasteiger partial charge on any atom is -0.382 e. The van der Waals surface area contributed by atoms with Crippen LogP contribution in [-0.4, -0.2) is 31.9 Å². The summed E-state index contributed by atoms with van der Waals surface area (Å²) >= 11 is 6.03. The molecule has 0 amide bonds. The zero-order chi connectivity index (χ0) is 21.7. The van der Waals surface area contributed by atoms with Crippen molar-refractivity contribution in [2.45, 2.75) is 52.6 Å². The topological polar surface area (TPSA) is 71.1 Å². The smallest absolute Gasteiger partial charge is 0.332 e. The Kier molecular flexibility index (Phi) is 7.50. The van der Waals surface area contributed by atoms with Crippen molar-refractivity contribution < 1.29 is 4.74 Å². The van der Waals surface area contributed by atoms with Crippen molar-refractivity contribution in [3.05, 3.63) is 61.5 Å². The number of hydrogen-bond donors (Lipinski definition) is 0. The Hall–Kier alpha value is -2.38. The van der Waals surface area contributed by atoms with Gasteiger partial charge in [-0.15, -0.1) is 0 Å². The molecule has 0 aliphatic heterocycles. The zero-order valence-corrected chi connectivity index (χ0v) is 18.6. The molecular formula is C22H29ClN4O3. The number of nitrogens with zero attached hydrogens (tertiary/aromatic N) is 4. The second-order valence-electron chi connectivity index (χ2n) is 7.37. The molecule has 0 unspecified atom stereocenters. The number of imidazole rings is 1. The predicted octanol–water partition coefficient (Wildman–Crippen LogP) is 3.37. The van der Waals surface area contributed by atoms with Gasteiger partial charge in [0.1, 0.15) is 5.82 Å². The number of halogens is 1. The van der Waals surface area contributed by atoms with Crippen LogP contribution in [0.4, 0.5) is 0 Å². The summed E-state index contributed by atoms with van der Waals surface area (Å²) in [4.78, 5) is 30.8. The van der Waals surface area contributed by atoms with Crippen molar-refractivity contribution in [2.24, 2.45) is 7.05 Å². The van der Waals surface area contributed by atoms with E-state index in [-0.39, 0.29) is 11.2 Å². The second kappa shape index (κ2) is 10.1. The van der Waals surface area contributed by atoms with Crippen LogP contribution >= 0.6 is 11.6 Å². The first kappa shape index (κ1) is 22.3. The van der Waals surface area contributed by atoms with Gasteiger partial charge < -0.3 is 9.30 Å². The molecule has 0 N–H and O–H groups in total. The first-order chi connectivity index (χ1) is 14.5. The highest BCUT2D eigenvalue weighted by molar-refractivity contribution is 6.30. The van der Waals surface area contributed by atoms with Gasteiger partial charge in [0.2, 0.25) is 0 Å². The minimum atomic E-state index is -0.321. The van der Waals surface area contributed by atoms with Gasteiger partial charge in [0.25, 0.3) is 5.56 Å². The number of hydrogen-bond acceptors (Lipinski definition) is 4. The molecule has 0 atom stereocenters. The minimum absolute atomic E-state index is 0.279. The van der Waals surface area contributed by atoms with E-state index in [1.54, 1.807) is 7.05 Å². The summed E-state index contributed by atoms with van der Waals surface area (Å²) in [7, 11) is 1.68. The molecule has 162 valence electrons. The Bertz CT molecular complexity index is 1110. The predicted molar refractivity (Wildman–Crippen MR) is 120 cm³/mol. The molecule has 0 spiro atoms. The van der Waals surface area contributed by atoms with E-state index >= 15 is 0 Å². The Morgan fingerprint density at radius 2 is 1.80 bits per heavy atom. The molecule has 2 heterocycles. The summed E-state index contributed by atoms with van der Waals surface area (Å²) in [6, 6.07) is 7.55. The van der Waals surface area contributed by atoms with E-state index in [0.29, 0.717) is 48.9 Å². The Labute approximate surface area is 180 Å². The summed E-state index contributed by atoms with van der Waals surface area (Å²) in [5, 5.41) is 0.662. The maximum absolute atomic E-state index is 13.3. The average Bonchev–Trinajstić information content (AvgIpc) is 3.10. The first-order valence-corrected chi connectivity index (χ1v) is 10.9. The lowest BCUT2D eigenvalue weighted by Gasteiger charge is -2.11. The van der Waals surface area contributed by atoms with Crippen LogP contribution < -0.4 is 11.2 Å². The van der Waals surface area contributed by atoms with Gasteiger partial charge in [-0.1, -0.05) is 37.1 Å². The largest absolute Gasteiger partial charge is 0.382 e. The van der Waals surface area contributed by atoms with Crippen molar-refractivity contribution in [3.63, 3.8) is 0 Å². The highest BCUT2D eigenvalue weighted by atomic mass is 35.5. The molecule has 0 bridgehead atoms. The van der Waals surface area contributed by atoms with Crippen LogP contribution in [0.2, 0.25) is 5.02 Å². The fraction of sp³-hybridized carbons (Fsp3) is 0.500. The maximum atomic E-state index is 13.3. The van der Waals surface area contributed by atoms with Gasteiger partial charge in [-0.2, -0.15) is 0 Å².